The zero-order valence-corrected chi connectivity index (χ0v) is 21.6. The minimum atomic E-state index is -0.861. The molecule has 41 heavy (non-hydrogen) atoms. The van der Waals surface area contributed by atoms with E-state index in [1.54, 1.807) is 36.4 Å². The fraction of sp³-hybridized carbons (Fsp3) is 0.133. The maximum absolute atomic E-state index is 13.8. The molecule has 2 amide bonds. The monoisotopic (exact) mass is 554 g/mol. The van der Waals surface area contributed by atoms with Crippen LogP contribution in [0.2, 0.25) is 0 Å². The molecule has 1 heterocycles. The van der Waals surface area contributed by atoms with Crippen molar-refractivity contribution in [2.75, 3.05) is 6.61 Å². The summed E-state index contributed by atoms with van der Waals surface area (Å²) in [6, 6.07) is 18.6. The van der Waals surface area contributed by atoms with Crippen molar-refractivity contribution in [3.8, 4) is 0 Å². The van der Waals surface area contributed by atoms with Crippen molar-refractivity contribution in [1.29, 1.82) is 0 Å². The first-order chi connectivity index (χ1) is 19.8. The van der Waals surface area contributed by atoms with Gasteiger partial charge in [0.15, 0.2) is 6.61 Å². The predicted octanol–water partition coefficient (Wildman–Crippen LogP) is 4.78. The van der Waals surface area contributed by atoms with Crippen LogP contribution in [0.3, 0.4) is 0 Å². The SMILES string of the molecule is O=C(COC(=O)c1c2c(nc3ccccc13)/C(=C/c1cccc([N+](=O)[O-])c1)CCC2)NNC(=O)c1ccccc1F. The van der Waals surface area contributed by atoms with Crippen LogP contribution in [0, 0.1) is 15.9 Å². The highest BCUT2D eigenvalue weighted by molar-refractivity contribution is 6.07. The summed E-state index contributed by atoms with van der Waals surface area (Å²) in [4.78, 5) is 53.4. The summed E-state index contributed by atoms with van der Waals surface area (Å²) in [5, 5.41) is 11.8. The minimum Gasteiger partial charge on any atom is -0.452 e. The Kier molecular flexibility index (Phi) is 7.77. The summed E-state index contributed by atoms with van der Waals surface area (Å²) in [5.41, 5.74) is 7.44. The molecule has 1 aliphatic carbocycles. The van der Waals surface area contributed by atoms with E-state index in [-0.39, 0.29) is 16.8 Å². The maximum atomic E-state index is 13.8. The Hall–Kier alpha value is -5.45. The zero-order chi connectivity index (χ0) is 28.9. The molecule has 0 unspecified atom stereocenters. The number of fused-ring (bicyclic) bond motifs is 2. The number of ether oxygens (including phenoxy) is 1. The number of rotatable bonds is 6. The van der Waals surface area contributed by atoms with Crippen LogP contribution in [0.5, 0.6) is 0 Å². The summed E-state index contributed by atoms with van der Waals surface area (Å²) in [5.74, 6) is -3.17. The molecule has 11 heteroatoms. The van der Waals surface area contributed by atoms with E-state index in [4.69, 9.17) is 9.72 Å². The van der Waals surface area contributed by atoms with E-state index < -0.39 is 35.1 Å². The smallest absolute Gasteiger partial charge is 0.339 e. The first kappa shape index (κ1) is 27.1. The molecule has 0 saturated heterocycles. The standard InChI is InChI=1S/C30H23FN4O6/c31-24-13-3-1-10-21(24)29(37)34-33-26(36)17-41-30(38)27-22-11-2-4-14-25(22)32-28-19(8-6-12-23(27)28)15-18-7-5-9-20(16-18)35(39)40/h1-5,7,9-11,13-16H,6,8,12,17H2,(H,33,36)(H,34,37)/b19-15+. The van der Waals surface area contributed by atoms with Crippen molar-refractivity contribution >= 4 is 46.0 Å². The fourth-order valence-corrected chi connectivity index (χ4v) is 4.72. The van der Waals surface area contributed by atoms with Gasteiger partial charge < -0.3 is 4.74 Å². The number of aromatic nitrogens is 1. The topological polar surface area (TPSA) is 141 Å². The molecule has 0 spiro atoms. The molecule has 0 fully saturated rings. The molecule has 0 aliphatic heterocycles. The van der Waals surface area contributed by atoms with Gasteiger partial charge in [0.2, 0.25) is 0 Å². The van der Waals surface area contributed by atoms with E-state index in [0.29, 0.717) is 47.0 Å². The van der Waals surface area contributed by atoms with Gasteiger partial charge >= 0.3 is 5.97 Å². The second-order valence-corrected chi connectivity index (χ2v) is 9.26. The van der Waals surface area contributed by atoms with Gasteiger partial charge in [0, 0.05) is 17.5 Å². The summed E-state index contributed by atoms with van der Waals surface area (Å²) in [6.07, 6.45) is 3.72. The molecular formula is C30H23FN4O6. The van der Waals surface area contributed by atoms with E-state index in [2.05, 4.69) is 10.9 Å². The van der Waals surface area contributed by atoms with Crippen LogP contribution < -0.4 is 10.9 Å². The van der Waals surface area contributed by atoms with E-state index in [9.17, 15) is 28.9 Å². The Bertz CT molecular complexity index is 1740. The van der Waals surface area contributed by atoms with Crippen molar-refractivity contribution in [2.24, 2.45) is 0 Å². The minimum absolute atomic E-state index is 0.0329. The third kappa shape index (κ3) is 5.93. The van der Waals surface area contributed by atoms with Gasteiger partial charge in [-0.05, 0) is 60.2 Å². The first-order valence-corrected chi connectivity index (χ1v) is 12.7. The molecule has 3 aromatic carbocycles. The van der Waals surface area contributed by atoms with Crippen molar-refractivity contribution in [3.63, 3.8) is 0 Å². The number of hydrogen-bond acceptors (Lipinski definition) is 7. The van der Waals surface area contributed by atoms with Gasteiger partial charge in [0.1, 0.15) is 5.82 Å². The molecule has 10 nitrogen and oxygen atoms in total. The molecule has 2 N–H and O–H groups in total. The molecule has 206 valence electrons. The molecule has 0 bridgehead atoms. The highest BCUT2D eigenvalue weighted by Gasteiger charge is 2.26. The average Bonchev–Trinajstić information content (AvgIpc) is 2.98. The van der Waals surface area contributed by atoms with E-state index >= 15 is 0 Å². The summed E-state index contributed by atoms with van der Waals surface area (Å²) in [6.45, 7) is -0.696. The second-order valence-electron chi connectivity index (χ2n) is 9.26. The number of hydrazine groups is 1. The number of esters is 1. The third-order valence-corrected chi connectivity index (χ3v) is 6.56. The third-order valence-electron chi connectivity index (χ3n) is 6.56. The Balaban J connectivity index is 1.38. The van der Waals surface area contributed by atoms with Gasteiger partial charge in [-0.1, -0.05) is 42.5 Å². The summed E-state index contributed by atoms with van der Waals surface area (Å²) < 4.78 is 19.1. The number of carbonyl (C=O) groups is 3. The van der Waals surface area contributed by atoms with E-state index in [1.165, 1.54) is 30.3 Å². The Labute approximate surface area is 233 Å². The summed E-state index contributed by atoms with van der Waals surface area (Å²) in [7, 11) is 0. The largest absolute Gasteiger partial charge is 0.452 e. The van der Waals surface area contributed by atoms with Crippen LogP contribution in [-0.4, -0.2) is 34.3 Å². The highest BCUT2D eigenvalue weighted by Crippen LogP contribution is 2.36. The number of allylic oxidation sites excluding steroid dienone is 1. The van der Waals surface area contributed by atoms with Gasteiger partial charge in [-0.15, -0.1) is 0 Å². The quantitative estimate of drug-likeness (QED) is 0.199. The number of carbonyl (C=O) groups excluding carboxylic acids is 3. The fourth-order valence-electron chi connectivity index (χ4n) is 4.72. The van der Waals surface area contributed by atoms with Crippen molar-refractivity contribution in [2.45, 2.75) is 19.3 Å². The van der Waals surface area contributed by atoms with E-state index in [0.717, 1.165) is 11.6 Å². The highest BCUT2D eigenvalue weighted by atomic mass is 19.1. The van der Waals surface area contributed by atoms with Crippen LogP contribution in [0.25, 0.3) is 22.6 Å². The molecule has 1 aliphatic rings. The van der Waals surface area contributed by atoms with Crippen LogP contribution in [-0.2, 0) is 16.0 Å². The van der Waals surface area contributed by atoms with Gasteiger partial charge in [-0.25, -0.2) is 14.2 Å². The van der Waals surface area contributed by atoms with Gasteiger partial charge in [0.25, 0.3) is 17.5 Å². The Morgan fingerprint density at radius 2 is 1.78 bits per heavy atom. The van der Waals surface area contributed by atoms with Gasteiger partial charge in [-0.2, -0.15) is 0 Å². The van der Waals surface area contributed by atoms with Gasteiger partial charge in [-0.3, -0.25) is 30.6 Å². The second kappa shape index (κ2) is 11.7. The molecule has 5 rings (SSSR count). The number of benzene rings is 3. The number of nitro groups is 1. The number of hydrogen-bond donors (Lipinski definition) is 2. The lowest BCUT2D eigenvalue weighted by Crippen LogP contribution is -2.43. The molecule has 0 radical (unpaired) electrons. The number of para-hydroxylation sites is 1. The number of amides is 2. The van der Waals surface area contributed by atoms with Crippen molar-refractivity contribution in [3.05, 3.63) is 117 Å². The number of halogens is 1. The van der Waals surface area contributed by atoms with Crippen molar-refractivity contribution in [1.82, 2.24) is 15.8 Å². The van der Waals surface area contributed by atoms with Crippen molar-refractivity contribution < 1.29 is 28.4 Å². The lowest BCUT2D eigenvalue weighted by Gasteiger charge is -2.22. The molecule has 0 atom stereocenters. The maximum Gasteiger partial charge on any atom is 0.339 e. The normalized spacial score (nSPS) is 13.3. The van der Waals surface area contributed by atoms with E-state index in [1.807, 2.05) is 6.08 Å². The van der Waals surface area contributed by atoms with Crippen LogP contribution >= 0.6 is 0 Å². The average molecular weight is 555 g/mol. The molecule has 0 saturated carbocycles. The number of nitro benzene ring substituents is 1. The number of nitrogens with zero attached hydrogens (tertiary/aromatic N) is 2. The summed E-state index contributed by atoms with van der Waals surface area (Å²) >= 11 is 0. The van der Waals surface area contributed by atoms with Crippen LogP contribution in [0.15, 0.2) is 72.8 Å². The molecule has 4 aromatic rings. The number of non-ortho nitro benzene ring substituents is 1. The lowest BCUT2D eigenvalue weighted by molar-refractivity contribution is -0.384. The zero-order valence-electron chi connectivity index (χ0n) is 21.6. The Morgan fingerprint density at radius 3 is 2.59 bits per heavy atom. The van der Waals surface area contributed by atoms with Crippen LogP contribution in [0.4, 0.5) is 10.1 Å². The lowest BCUT2D eigenvalue weighted by atomic mass is 9.86. The first-order valence-electron chi connectivity index (χ1n) is 12.7. The Morgan fingerprint density at radius 1 is 1.00 bits per heavy atom. The molecule has 1 aromatic heterocycles. The predicted molar refractivity (Wildman–Crippen MR) is 148 cm³/mol. The number of nitrogens with one attached hydrogen (secondary N) is 2. The number of pyridine rings is 1. The molecular weight excluding hydrogens is 531 g/mol. The van der Waals surface area contributed by atoms with Gasteiger partial charge in [0.05, 0.1) is 27.3 Å². The van der Waals surface area contributed by atoms with Crippen LogP contribution in [0.1, 0.15) is 50.4 Å².